The number of phenols is 1. The molecule has 128 valence electrons. The quantitative estimate of drug-likeness (QED) is 0.659. The van der Waals surface area contributed by atoms with Crippen molar-refractivity contribution in [3.05, 3.63) is 35.4 Å². The van der Waals surface area contributed by atoms with Crippen molar-refractivity contribution in [2.75, 3.05) is 20.4 Å². The molecule has 0 aromatic heterocycles. The molecule has 2 fully saturated rings. The van der Waals surface area contributed by atoms with Gasteiger partial charge in [-0.2, -0.15) is 5.06 Å². The van der Waals surface area contributed by atoms with Crippen LogP contribution in [-0.2, 0) is 16.6 Å². The first-order chi connectivity index (χ1) is 11.6. The minimum Gasteiger partial charge on any atom is -0.504 e. The molecule has 2 N–H and O–H groups in total. The van der Waals surface area contributed by atoms with E-state index in [4.69, 9.17) is 9.47 Å². The van der Waals surface area contributed by atoms with Gasteiger partial charge in [-0.05, 0) is 43.2 Å². The number of phenolic OH excluding ortho intramolecular Hbond substituents is 1. The van der Waals surface area contributed by atoms with E-state index in [0.717, 1.165) is 36.8 Å². The van der Waals surface area contributed by atoms with E-state index in [-0.39, 0.29) is 29.4 Å². The predicted molar refractivity (Wildman–Crippen MR) is 87.2 cm³/mol. The standard InChI is InChI=1S/C19H23NO4/c1-23-11-24-14-5-4-12-8-13-17-18(10-20(13)22)6-2-3-7-19(17,9-18)15(12)16(14)21/h2,4-6,13,17,21-22H,3,7-11H2,1H3/t13?,17?,18?,19-/m0/s1. The van der Waals surface area contributed by atoms with Gasteiger partial charge in [-0.25, -0.2) is 0 Å². The lowest BCUT2D eigenvalue weighted by Crippen LogP contribution is -2.61. The van der Waals surface area contributed by atoms with Gasteiger partial charge < -0.3 is 19.8 Å². The molecule has 4 aliphatic rings. The largest absolute Gasteiger partial charge is 0.504 e. The van der Waals surface area contributed by atoms with E-state index in [2.05, 4.69) is 18.2 Å². The normalized spacial score (nSPS) is 38.9. The number of hydrogen-bond acceptors (Lipinski definition) is 5. The lowest BCUT2D eigenvalue weighted by molar-refractivity contribution is -0.114. The van der Waals surface area contributed by atoms with Gasteiger partial charge in [-0.15, -0.1) is 0 Å². The van der Waals surface area contributed by atoms with Gasteiger partial charge in [0.1, 0.15) is 0 Å². The third kappa shape index (κ3) is 1.60. The maximum Gasteiger partial charge on any atom is 0.188 e. The van der Waals surface area contributed by atoms with Gasteiger partial charge in [0.05, 0.1) is 0 Å². The number of rotatable bonds is 3. The summed E-state index contributed by atoms with van der Waals surface area (Å²) in [5.41, 5.74) is 2.24. The number of fused-ring (bicyclic) bond motifs is 1. The van der Waals surface area contributed by atoms with Gasteiger partial charge in [-0.1, -0.05) is 18.2 Å². The second-order valence-corrected chi connectivity index (χ2v) is 7.85. The van der Waals surface area contributed by atoms with E-state index in [1.54, 1.807) is 12.2 Å². The molecule has 2 bridgehead atoms. The number of hydroxylamine groups is 2. The van der Waals surface area contributed by atoms with Crippen LogP contribution in [0.15, 0.2) is 24.3 Å². The minimum atomic E-state index is -0.0459. The summed E-state index contributed by atoms with van der Waals surface area (Å²) < 4.78 is 10.5. The van der Waals surface area contributed by atoms with Crippen molar-refractivity contribution < 1.29 is 19.8 Å². The summed E-state index contributed by atoms with van der Waals surface area (Å²) in [7, 11) is 1.57. The molecule has 1 aliphatic heterocycles. The SMILES string of the molecule is COCOc1ccc2c(c1O)[C@@]13CCC=CC4(CN(O)C(C2)C41)C3. The first kappa shape index (κ1) is 14.8. The molecule has 24 heavy (non-hydrogen) atoms. The molecule has 0 spiro atoms. The smallest absolute Gasteiger partial charge is 0.188 e. The molecular formula is C19H23NO4. The number of methoxy groups -OCH3 is 1. The number of ether oxygens (including phenoxy) is 2. The van der Waals surface area contributed by atoms with Crippen molar-refractivity contribution in [1.82, 2.24) is 5.06 Å². The van der Waals surface area contributed by atoms with Crippen LogP contribution in [0.5, 0.6) is 11.5 Å². The van der Waals surface area contributed by atoms with Crippen LogP contribution in [-0.4, -0.2) is 41.9 Å². The van der Waals surface area contributed by atoms with E-state index in [1.807, 2.05) is 6.07 Å². The summed E-state index contributed by atoms with van der Waals surface area (Å²) in [5.74, 6) is 1.15. The van der Waals surface area contributed by atoms with E-state index in [0.29, 0.717) is 18.2 Å². The maximum absolute atomic E-state index is 11.0. The Bertz CT molecular complexity index is 732. The van der Waals surface area contributed by atoms with E-state index in [1.165, 1.54) is 0 Å². The van der Waals surface area contributed by atoms with E-state index in [9.17, 15) is 10.3 Å². The molecule has 1 heterocycles. The van der Waals surface area contributed by atoms with Crippen LogP contribution in [0.25, 0.3) is 0 Å². The van der Waals surface area contributed by atoms with E-state index < -0.39 is 0 Å². The van der Waals surface area contributed by atoms with Crippen LogP contribution >= 0.6 is 0 Å². The third-order valence-electron chi connectivity index (χ3n) is 6.78. The molecule has 1 aromatic carbocycles. The van der Waals surface area contributed by atoms with Gasteiger partial charge >= 0.3 is 0 Å². The van der Waals surface area contributed by atoms with Gasteiger partial charge in [0.25, 0.3) is 0 Å². The topological polar surface area (TPSA) is 62.2 Å². The molecular weight excluding hydrogens is 306 g/mol. The Morgan fingerprint density at radius 3 is 3.08 bits per heavy atom. The number of allylic oxidation sites excluding steroid dienone is 1. The van der Waals surface area contributed by atoms with Crippen LogP contribution < -0.4 is 4.74 Å². The zero-order chi connectivity index (χ0) is 16.5. The Morgan fingerprint density at radius 1 is 1.38 bits per heavy atom. The summed E-state index contributed by atoms with van der Waals surface area (Å²) in [6.07, 6.45) is 8.44. The van der Waals surface area contributed by atoms with Crippen molar-refractivity contribution in [2.24, 2.45) is 11.3 Å². The first-order valence-corrected chi connectivity index (χ1v) is 8.72. The highest BCUT2D eigenvalue weighted by Crippen LogP contribution is 2.73. The van der Waals surface area contributed by atoms with Crippen LogP contribution in [0.1, 0.15) is 30.4 Å². The molecule has 1 aromatic rings. The molecule has 5 nitrogen and oxygen atoms in total. The van der Waals surface area contributed by atoms with Crippen molar-refractivity contribution >= 4 is 0 Å². The van der Waals surface area contributed by atoms with Gasteiger partial charge in [-0.3, -0.25) is 0 Å². The molecule has 0 amide bonds. The molecule has 5 heteroatoms. The van der Waals surface area contributed by atoms with Gasteiger partial charge in [0.15, 0.2) is 18.3 Å². The van der Waals surface area contributed by atoms with Crippen LogP contribution in [0.4, 0.5) is 0 Å². The number of nitrogens with zero attached hydrogens (tertiary/aromatic N) is 1. The molecule has 5 rings (SSSR count). The Labute approximate surface area is 141 Å². The summed E-state index contributed by atoms with van der Waals surface area (Å²) in [5, 5.41) is 23.0. The summed E-state index contributed by atoms with van der Waals surface area (Å²) in [4.78, 5) is 0. The highest BCUT2D eigenvalue weighted by Gasteiger charge is 2.72. The Kier molecular flexibility index (Phi) is 2.92. The van der Waals surface area contributed by atoms with Gasteiger partial charge in [0, 0.05) is 36.1 Å². The zero-order valence-electron chi connectivity index (χ0n) is 13.9. The second kappa shape index (κ2) is 4.75. The molecule has 3 aliphatic carbocycles. The Balaban J connectivity index is 1.66. The first-order valence-electron chi connectivity index (χ1n) is 8.72. The van der Waals surface area contributed by atoms with E-state index >= 15 is 0 Å². The summed E-state index contributed by atoms with van der Waals surface area (Å²) in [6.45, 7) is 0.837. The fourth-order valence-corrected chi connectivity index (χ4v) is 6.24. The van der Waals surface area contributed by atoms with Crippen molar-refractivity contribution in [2.45, 2.75) is 37.1 Å². The molecule has 4 atom stereocenters. The number of aromatic hydroxyl groups is 1. The average Bonchev–Trinajstić information content (AvgIpc) is 2.70. The highest BCUT2D eigenvalue weighted by atomic mass is 16.7. The Hall–Kier alpha value is -1.56. The lowest BCUT2D eigenvalue weighted by atomic mass is 9.40. The monoisotopic (exact) mass is 329 g/mol. The fourth-order valence-electron chi connectivity index (χ4n) is 6.24. The highest BCUT2D eigenvalue weighted by molar-refractivity contribution is 5.59. The summed E-state index contributed by atoms with van der Waals surface area (Å²) in [6, 6.07) is 4.02. The molecule has 1 saturated heterocycles. The summed E-state index contributed by atoms with van der Waals surface area (Å²) >= 11 is 0. The van der Waals surface area contributed by atoms with Gasteiger partial charge in [0.2, 0.25) is 0 Å². The van der Waals surface area contributed by atoms with Crippen molar-refractivity contribution in [1.29, 1.82) is 0 Å². The molecule has 1 saturated carbocycles. The number of hydrogen-bond donors (Lipinski definition) is 2. The van der Waals surface area contributed by atoms with Crippen LogP contribution in [0, 0.1) is 11.3 Å². The van der Waals surface area contributed by atoms with Crippen molar-refractivity contribution in [3.8, 4) is 11.5 Å². The minimum absolute atomic E-state index is 0.0459. The Morgan fingerprint density at radius 2 is 2.25 bits per heavy atom. The lowest BCUT2D eigenvalue weighted by Gasteiger charge is -2.62. The number of benzene rings is 1. The predicted octanol–water partition coefficient (Wildman–Crippen LogP) is 2.60. The fraction of sp³-hybridized carbons (Fsp3) is 0.579. The average molecular weight is 329 g/mol. The molecule has 3 unspecified atom stereocenters. The van der Waals surface area contributed by atoms with Crippen LogP contribution in [0.3, 0.4) is 0 Å². The van der Waals surface area contributed by atoms with Crippen LogP contribution in [0.2, 0.25) is 0 Å². The maximum atomic E-state index is 11.0. The third-order valence-corrected chi connectivity index (χ3v) is 6.78. The second-order valence-electron chi connectivity index (χ2n) is 7.85. The zero-order valence-corrected chi connectivity index (χ0v) is 13.9. The molecule has 0 radical (unpaired) electrons. The van der Waals surface area contributed by atoms with Crippen molar-refractivity contribution in [3.63, 3.8) is 0 Å².